The van der Waals surface area contributed by atoms with Crippen LogP contribution in [0.5, 0.6) is 11.5 Å². The Morgan fingerprint density at radius 1 is 1.10 bits per heavy atom. The van der Waals surface area contributed by atoms with E-state index in [2.05, 4.69) is 21.9 Å². The first-order valence-electron chi connectivity index (χ1n) is 10.2. The topological polar surface area (TPSA) is 97.0 Å². The molecule has 1 saturated heterocycles. The average Bonchev–Trinajstić information content (AvgIpc) is 3.19. The van der Waals surface area contributed by atoms with Gasteiger partial charge in [-0.25, -0.2) is 13.1 Å². The van der Waals surface area contributed by atoms with Crippen molar-refractivity contribution in [2.75, 3.05) is 44.1 Å². The Balaban J connectivity index is 1.50. The third-order valence-corrected chi connectivity index (χ3v) is 6.71. The number of methoxy groups -OCH3 is 2. The van der Waals surface area contributed by atoms with Crippen molar-refractivity contribution in [3.8, 4) is 11.5 Å². The van der Waals surface area contributed by atoms with Gasteiger partial charge >= 0.3 is 0 Å². The number of anilines is 2. The zero-order chi connectivity index (χ0) is 22.4. The van der Waals surface area contributed by atoms with Crippen LogP contribution >= 0.6 is 0 Å². The molecule has 31 heavy (non-hydrogen) atoms. The van der Waals surface area contributed by atoms with Gasteiger partial charge in [0.25, 0.3) is 0 Å². The van der Waals surface area contributed by atoms with Gasteiger partial charge in [0, 0.05) is 43.5 Å². The van der Waals surface area contributed by atoms with Gasteiger partial charge < -0.3 is 19.7 Å². The zero-order valence-corrected chi connectivity index (χ0v) is 18.9. The molecule has 9 heteroatoms. The number of hydrogen-bond donors (Lipinski definition) is 2. The smallest absolute Gasteiger partial charge is 0.240 e. The van der Waals surface area contributed by atoms with Gasteiger partial charge in [-0.3, -0.25) is 4.79 Å². The molecule has 2 aromatic carbocycles. The number of sulfonamides is 1. The SMILES string of the molecule is COc1ccc(S(=O)(=O)NCCC(=O)Nc2ccc(N3CCC(C)C3)cc2)cc1OC. The number of benzene rings is 2. The van der Waals surface area contributed by atoms with Crippen molar-refractivity contribution in [2.45, 2.75) is 24.7 Å². The van der Waals surface area contributed by atoms with Crippen LogP contribution in [0.25, 0.3) is 0 Å². The fraction of sp³-hybridized carbons (Fsp3) is 0.409. The van der Waals surface area contributed by atoms with Gasteiger partial charge in [-0.2, -0.15) is 0 Å². The van der Waals surface area contributed by atoms with E-state index < -0.39 is 10.0 Å². The van der Waals surface area contributed by atoms with Crippen LogP contribution in [0.1, 0.15) is 19.8 Å². The van der Waals surface area contributed by atoms with Crippen LogP contribution in [-0.4, -0.2) is 48.2 Å². The molecular weight excluding hydrogens is 418 g/mol. The quantitative estimate of drug-likeness (QED) is 0.614. The van der Waals surface area contributed by atoms with Crippen molar-refractivity contribution in [3.63, 3.8) is 0 Å². The van der Waals surface area contributed by atoms with Crippen molar-refractivity contribution in [2.24, 2.45) is 5.92 Å². The highest BCUT2D eigenvalue weighted by molar-refractivity contribution is 7.89. The number of ether oxygens (including phenoxy) is 2. The minimum absolute atomic E-state index is 0.0118. The molecule has 0 aliphatic carbocycles. The van der Waals surface area contributed by atoms with E-state index >= 15 is 0 Å². The molecule has 0 saturated carbocycles. The Morgan fingerprint density at radius 3 is 2.42 bits per heavy atom. The minimum Gasteiger partial charge on any atom is -0.493 e. The van der Waals surface area contributed by atoms with Gasteiger partial charge in [0.05, 0.1) is 19.1 Å². The minimum atomic E-state index is -3.78. The van der Waals surface area contributed by atoms with E-state index in [1.807, 2.05) is 24.3 Å². The molecule has 8 nitrogen and oxygen atoms in total. The third kappa shape index (κ3) is 5.89. The van der Waals surface area contributed by atoms with Crippen LogP contribution in [0.15, 0.2) is 47.4 Å². The highest BCUT2D eigenvalue weighted by Crippen LogP contribution is 2.29. The van der Waals surface area contributed by atoms with Crippen molar-refractivity contribution in [1.29, 1.82) is 0 Å². The first-order valence-corrected chi connectivity index (χ1v) is 11.7. The van der Waals surface area contributed by atoms with Gasteiger partial charge in [-0.15, -0.1) is 0 Å². The van der Waals surface area contributed by atoms with Gasteiger partial charge in [0.1, 0.15) is 0 Å². The van der Waals surface area contributed by atoms with E-state index in [9.17, 15) is 13.2 Å². The summed E-state index contributed by atoms with van der Waals surface area (Å²) in [5.41, 5.74) is 1.83. The number of carbonyl (C=O) groups excluding carboxylic acids is 1. The molecule has 1 unspecified atom stereocenters. The number of hydrogen-bond acceptors (Lipinski definition) is 6. The largest absolute Gasteiger partial charge is 0.493 e. The Bertz CT molecular complexity index is 1010. The number of nitrogens with zero attached hydrogens (tertiary/aromatic N) is 1. The van der Waals surface area contributed by atoms with Crippen LogP contribution in [0, 0.1) is 5.92 Å². The second-order valence-electron chi connectivity index (χ2n) is 7.60. The molecule has 2 aromatic rings. The monoisotopic (exact) mass is 447 g/mol. The maximum atomic E-state index is 12.5. The Hall–Kier alpha value is -2.78. The lowest BCUT2D eigenvalue weighted by molar-refractivity contribution is -0.116. The second-order valence-corrected chi connectivity index (χ2v) is 9.37. The molecule has 2 N–H and O–H groups in total. The van der Waals surface area contributed by atoms with Gasteiger partial charge in [0.2, 0.25) is 15.9 Å². The molecule has 1 aliphatic heterocycles. The number of nitrogens with one attached hydrogen (secondary N) is 2. The number of rotatable bonds is 9. The molecule has 0 aromatic heterocycles. The van der Waals surface area contributed by atoms with Crippen molar-refractivity contribution >= 4 is 27.3 Å². The van der Waals surface area contributed by atoms with E-state index in [0.717, 1.165) is 18.8 Å². The summed E-state index contributed by atoms with van der Waals surface area (Å²) in [4.78, 5) is 14.6. The summed E-state index contributed by atoms with van der Waals surface area (Å²) in [5, 5.41) is 2.80. The number of carbonyl (C=O) groups is 1. The normalized spacial score (nSPS) is 16.2. The van der Waals surface area contributed by atoms with E-state index in [4.69, 9.17) is 9.47 Å². The predicted molar refractivity (Wildman–Crippen MR) is 120 cm³/mol. The molecule has 1 atom stereocenters. The standard InChI is InChI=1S/C22H29N3O5S/c1-16-11-13-25(15-16)18-6-4-17(5-7-18)24-22(26)10-12-23-31(27,28)19-8-9-20(29-2)21(14-19)30-3/h4-9,14,16,23H,10-13,15H2,1-3H3,(H,24,26). The fourth-order valence-corrected chi connectivity index (χ4v) is 4.56. The van der Waals surface area contributed by atoms with Gasteiger partial charge in [0.15, 0.2) is 11.5 Å². The predicted octanol–water partition coefficient (Wildman–Crippen LogP) is 2.86. The molecule has 168 valence electrons. The first kappa shape index (κ1) is 22.9. The molecule has 1 heterocycles. The lowest BCUT2D eigenvalue weighted by Gasteiger charge is -2.18. The molecule has 3 rings (SSSR count). The van der Waals surface area contributed by atoms with E-state index in [1.54, 1.807) is 0 Å². The lowest BCUT2D eigenvalue weighted by atomic mass is 10.2. The summed E-state index contributed by atoms with van der Waals surface area (Å²) in [6, 6.07) is 12.0. The van der Waals surface area contributed by atoms with E-state index in [1.165, 1.54) is 38.8 Å². The maximum Gasteiger partial charge on any atom is 0.240 e. The lowest BCUT2D eigenvalue weighted by Crippen LogP contribution is -2.28. The summed E-state index contributed by atoms with van der Waals surface area (Å²) in [5.74, 6) is 1.18. The highest BCUT2D eigenvalue weighted by atomic mass is 32.2. The molecule has 0 spiro atoms. The summed E-state index contributed by atoms with van der Waals surface area (Å²) in [6.07, 6.45) is 1.20. The van der Waals surface area contributed by atoms with E-state index in [0.29, 0.717) is 23.1 Å². The molecule has 1 amide bonds. The number of amides is 1. The molecule has 0 radical (unpaired) electrons. The summed E-state index contributed by atoms with van der Waals surface area (Å²) in [7, 11) is -0.867. The van der Waals surface area contributed by atoms with Crippen LogP contribution < -0.4 is 24.4 Å². The van der Waals surface area contributed by atoms with Crippen molar-refractivity contribution in [3.05, 3.63) is 42.5 Å². The van der Waals surface area contributed by atoms with Crippen molar-refractivity contribution in [1.82, 2.24) is 4.72 Å². The maximum absolute atomic E-state index is 12.5. The Kier molecular flexibility index (Phi) is 7.40. The molecule has 1 aliphatic rings. The summed E-state index contributed by atoms with van der Waals surface area (Å²) >= 11 is 0. The molecule has 1 fully saturated rings. The Labute approximate surface area is 183 Å². The Morgan fingerprint density at radius 2 is 1.81 bits per heavy atom. The molecule has 0 bridgehead atoms. The summed E-state index contributed by atoms with van der Waals surface area (Å²) < 4.78 is 37.7. The van der Waals surface area contributed by atoms with Crippen LogP contribution in [0.2, 0.25) is 0 Å². The van der Waals surface area contributed by atoms with Crippen molar-refractivity contribution < 1.29 is 22.7 Å². The third-order valence-electron chi connectivity index (χ3n) is 5.25. The van der Waals surface area contributed by atoms with Crippen LogP contribution in [0.4, 0.5) is 11.4 Å². The van der Waals surface area contributed by atoms with Gasteiger partial charge in [-0.1, -0.05) is 6.92 Å². The first-order chi connectivity index (χ1) is 14.8. The summed E-state index contributed by atoms with van der Waals surface area (Å²) in [6.45, 7) is 4.32. The second kappa shape index (κ2) is 10.0. The van der Waals surface area contributed by atoms with Crippen LogP contribution in [-0.2, 0) is 14.8 Å². The molecular formula is C22H29N3O5S. The highest BCUT2D eigenvalue weighted by Gasteiger charge is 2.19. The van der Waals surface area contributed by atoms with E-state index in [-0.39, 0.29) is 23.8 Å². The van der Waals surface area contributed by atoms with Gasteiger partial charge in [-0.05, 0) is 48.7 Å². The zero-order valence-electron chi connectivity index (χ0n) is 18.1. The average molecular weight is 448 g/mol. The fourth-order valence-electron chi connectivity index (χ4n) is 3.51. The van der Waals surface area contributed by atoms with Crippen LogP contribution in [0.3, 0.4) is 0 Å².